The predicted molar refractivity (Wildman–Crippen MR) is 125 cm³/mol. The van der Waals surface area contributed by atoms with Crippen molar-refractivity contribution < 1.29 is 23.5 Å². The zero-order valence-corrected chi connectivity index (χ0v) is 19.5. The van der Waals surface area contributed by atoms with Crippen LogP contribution in [0.15, 0.2) is 52.4 Å². The van der Waals surface area contributed by atoms with Crippen LogP contribution in [-0.2, 0) is 6.61 Å². The summed E-state index contributed by atoms with van der Waals surface area (Å²) in [5.74, 6) is 2.28. The molecule has 0 fully saturated rings. The van der Waals surface area contributed by atoms with Crippen LogP contribution >= 0.6 is 11.3 Å². The number of thiazole rings is 1. The van der Waals surface area contributed by atoms with Gasteiger partial charge >= 0.3 is 0 Å². The number of aromatic nitrogens is 2. The normalized spacial score (nSPS) is 10.7. The van der Waals surface area contributed by atoms with E-state index < -0.39 is 0 Å². The SMILES string of the molecule is COc1ccc(-c2csc(NC(=O)c3cccc(OCc4c(C)noc4C)c3)n2)cc1OC. The van der Waals surface area contributed by atoms with Gasteiger partial charge in [0.05, 0.1) is 31.2 Å². The fourth-order valence-corrected chi connectivity index (χ4v) is 3.93. The number of nitrogens with zero attached hydrogens (tertiary/aromatic N) is 2. The monoisotopic (exact) mass is 465 g/mol. The minimum atomic E-state index is -0.272. The molecule has 0 saturated heterocycles. The van der Waals surface area contributed by atoms with Gasteiger partial charge in [-0.25, -0.2) is 4.98 Å². The Bertz CT molecular complexity index is 1260. The minimum absolute atomic E-state index is 0.272. The summed E-state index contributed by atoms with van der Waals surface area (Å²) in [7, 11) is 3.17. The number of hydrogen-bond donors (Lipinski definition) is 1. The topological polar surface area (TPSA) is 95.7 Å². The van der Waals surface area contributed by atoms with Crippen LogP contribution in [0.1, 0.15) is 27.4 Å². The minimum Gasteiger partial charge on any atom is -0.493 e. The standard InChI is InChI=1S/C24H23N3O5S/c1-14-19(15(2)32-27-14)12-31-18-7-5-6-17(10-18)23(28)26-24-25-20(13-33-24)16-8-9-21(29-3)22(11-16)30-4/h5-11,13H,12H2,1-4H3,(H,25,26,28). The quantitative estimate of drug-likeness (QED) is 0.379. The molecule has 1 amide bonds. The lowest BCUT2D eigenvalue weighted by molar-refractivity contribution is 0.102. The van der Waals surface area contributed by atoms with E-state index in [1.165, 1.54) is 11.3 Å². The van der Waals surface area contributed by atoms with Gasteiger partial charge in [-0.05, 0) is 50.2 Å². The van der Waals surface area contributed by atoms with Gasteiger partial charge in [-0.3, -0.25) is 10.1 Å². The van der Waals surface area contributed by atoms with Crippen molar-refractivity contribution in [1.82, 2.24) is 10.1 Å². The van der Waals surface area contributed by atoms with Gasteiger partial charge in [0.1, 0.15) is 18.1 Å². The van der Waals surface area contributed by atoms with Gasteiger partial charge in [-0.1, -0.05) is 11.2 Å². The highest BCUT2D eigenvalue weighted by Gasteiger charge is 2.14. The molecule has 2 aromatic carbocycles. The maximum Gasteiger partial charge on any atom is 0.257 e. The van der Waals surface area contributed by atoms with Crippen LogP contribution in [0.3, 0.4) is 0 Å². The summed E-state index contributed by atoms with van der Waals surface area (Å²) in [6.07, 6.45) is 0. The maximum absolute atomic E-state index is 12.8. The molecule has 9 heteroatoms. The molecular formula is C24H23N3O5S. The smallest absolute Gasteiger partial charge is 0.257 e. The first-order valence-electron chi connectivity index (χ1n) is 10.1. The lowest BCUT2D eigenvalue weighted by atomic mass is 10.1. The van der Waals surface area contributed by atoms with Gasteiger partial charge in [-0.2, -0.15) is 0 Å². The number of anilines is 1. The molecule has 170 valence electrons. The Balaban J connectivity index is 1.44. The highest BCUT2D eigenvalue weighted by Crippen LogP contribution is 2.33. The van der Waals surface area contributed by atoms with Crippen LogP contribution in [0.5, 0.6) is 17.2 Å². The molecule has 0 atom stereocenters. The molecule has 2 aromatic heterocycles. The third kappa shape index (κ3) is 4.98. The second kappa shape index (κ2) is 9.74. The number of carbonyl (C=O) groups is 1. The lowest BCUT2D eigenvalue weighted by Gasteiger charge is -2.08. The number of methoxy groups -OCH3 is 2. The average Bonchev–Trinajstić information content (AvgIpc) is 3.43. The highest BCUT2D eigenvalue weighted by atomic mass is 32.1. The third-order valence-corrected chi connectivity index (χ3v) is 5.82. The van der Waals surface area contributed by atoms with Crippen LogP contribution in [0, 0.1) is 13.8 Å². The van der Waals surface area contributed by atoms with Crippen LogP contribution < -0.4 is 19.5 Å². The van der Waals surface area contributed by atoms with E-state index in [0.29, 0.717) is 34.6 Å². The summed E-state index contributed by atoms with van der Waals surface area (Å²) >= 11 is 1.34. The molecule has 0 aliphatic heterocycles. The van der Waals surface area contributed by atoms with Gasteiger partial charge in [0.25, 0.3) is 5.91 Å². The molecule has 1 N–H and O–H groups in total. The van der Waals surface area contributed by atoms with Gasteiger partial charge in [-0.15, -0.1) is 11.3 Å². The molecule has 0 unspecified atom stereocenters. The summed E-state index contributed by atoms with van der Waals surface area (Å²) in [5.41, 5.74) is 3.74. The van der Waals surface area contributed by atoms with E-state index in [4.69, 9.17) is 18.7 Å². The molecule has 8 nitrogen and oxygen atoms in total. The fraction of sp³-hybridized carbons (Fsp3) is 0.208. The summed E-state index contributed by atoms with van der Waals surface area (Å²) in [6, 6.07) is 12.5. The number of rotatable bonds is 8. The van der Waals surface area contributed by atoms with E-state index >= 15 is 0 Å². The molecule has 4 rings (SSSR count). The van der Waals surface area contributed by atoms with Crippen LogP contribution in [-0.4, -0.2) is 30.3 Å². The highest BCUT2D eigenvalue weighted by molar-refractivity contribution is 7.14. The zero-order valence-electron chi connectivity index (χ0n) is 18.7. The van der Waals surface area contributed by atoms with E-state index in [1.807, 2.05) is 37.4 Å². The largest absolute Gasteiger partial charge is 0.493 e. The van der Waals surface area contributed by atoms with Crippen molar-refractivity contribution >= 4 is 22.4 Å². The number of aryl methyl sites for hydroxylation is 2. The Morgan fingerprint density at radius 3 is 2.64 bits per heavy atom. The van der Waals surface area contributed by atoms with Crippen molar-refractivity contribution in [2.75, 3.05) is 19.5 Å². The molecule has 2 heterocycles. The molecule has 0 aliphatic carbocycles. The molecule has 0 bridgehead atoms. The lowest BCUT2D eigenvalue weighted by Crippen LogP contribution is -2.11. The van der Waals surface area contributed by atoms with E-state index in [1.54, 1.807) is 38.5 Å². The Labute approximate surface area is 195 Å². The summed E-state index contributed by atoms with van der Waals surface area (Å²) in [5, 5.41) is 9.14. The Morgan fingerprint density at radius 2 is 1.91 bits per heavy atom. The van der Waals surface area contributed by atoms with Gasteiger partial charge < -0.3 is 18.7 Å². The van der Waals surface area contributed by atoms with E-state index in [9.17, 15) is 4.79 Å². The Morgan fingerprint density at radius 1 is 1.09 bits per heavy atom. The van der Waals surface area contributed by atoms with Crippen molar-refractivity contribution in [1.29, 1.82) is 0 Å². The molecule has 0 saturated carbocycles. The summed E-state index contributed by atoms with van der Waals surface area (Å²) in [4.78, 5) is 17.3. The van der Waals surface area contributed by atoms with E-state index in [0.717, 1.165) is 28.3 Å². The third-order valence-electron chi connectivity index (χ3n) is 5.06. The molecular weight excluding hydrogens is 442 g/mol. The number of hydrogen-bond acceptors (Lipinski definition) is 8. The average molecular weight is 466 g/mol. The Kier molecular flexibility index (Phi) is 6.60. The molecule has 4 aromatic rings. The van der Waals surface area contributed by atoms with Crippen molar-refractivity contribution in [2.45, 2.75) is 20.5 Å². The molecule has 0 radical (unpaired) electrons. The van der Waals surface area contributed by atoms with Crippen LogP contribution in [0.2, 0.25) is 0 Å². The van der Waals surface area contributed by atoms with Gasteiger partial charge in [0.2, 0.25) is 0 Å². The first-order chi connectivity index (χ1) is 16.0. The van der Waals surface area contributed by atoms with Crippen molar-refractivity contribution in [2.24, 2.45) is 0 Å². The van der Waals surface area contributed by atoms with E-state index in [-0.39, 0.29) is 5.91 Å². The van der Waals surface area contributed by atoms with Gasteiger partial charge in [0.15, 0.2) is 16.6 Å². The molecule has 33 heavy (non-hydrogen) atoms. The number of nitrogens with one attached hydrogen (secondary N) is 1. The summed E-state index contributed by atoms with van der Waals surface area (Å²) < 4.78 is 21.6. The van der Waals surface area contributed by atoms with Crippen LogP contribution in [0.4, 0.5) is 5.13 Å². The fourth-order valence-electron chi connectivity index (χ4n) is 3.22. The van der Waals surface area contributed by atoms with Crippen molar-refractivity contribution in [3.8, 4) is 28.5 Å². The Hall–Kier alpha value is -3.85. The number of amides is 1. The number of ether oxygens (including phenoxy) is 3. The van der Waals surface area contributed by atoms with E-state index in [2.05, 4.69) is 15.5 Å². The first-order valence-corrected chi connectivity index (χ1v) is 11.0. The first kappa shape index (κ1) is 22.3. The molecule has 0 aliphatic rings. The molecule has 0 spiro atoms. The van der Waals surface area contributed by atoms with Crippen molar-refractivity contribution in [3.63, 3.8) is 0 Å². The van der Waals surface area contributed by atoms with Crippen LogP contribution in [0.25, 0.3) is 11.3 Å². The second-order valence-electron chi connectivity index (χ2n) is 7.18. The summed E-state index contributed by atoms with van der Waals surface area (Å²) in [6.45, 7) is 4.02. The maximum atomic E-state index is 12.8. The number of carbonyl (C=O) groups excluding carboxylic acids is 1. The number of benzene rings is 2. The zero-order chi connectivity index (χ0) is 23.4. The van der Waals surface area contributed by atoms with Gasteiger partial charge in [0, 0.05) is 16.5 Å². The second-order valence-corrected chi connectivity index (χ2v) is 8.04. The predicted octanol–water partition coefficient (Wildman–Crippen LogP) is 5.26. The van der Waals surface area contributed by atoms with Crippen molar-refractivity contribution in [3.05, 3.63) is 70.4 Å².